The largest absolute Gasteiger partial charge is 0.341 e. The number of para-hydroxylation sites is 1. The molecule has 0 saturated carbocycles. The molecule has 82 valence electrons. The summed E-state index contributed by atoms with van der Waals surface area (Å²) in [5.74, 6) is 0. The average Bonchev–Trinajstić information content (AvgIpc) is 2.67. The van der Waals surface area contributed by atoms with Gasteiger partial charge in [-0.2, -0.15) is 0 Å². The molecule has 1 aromatic heterocycles. The molecule has 2 aromatic rings. The van der Waals surface area contributed by atoms with Crippen molar-refractivity contribution in [2.45, 2.75) is 20.4 Å². The van der Waals surface area contributed by atoms with Crippen molar-refractivity contribution in [2.24, 2.45) is 0 Å². The summed E-state index contributed by atoms with van der Waals surface area (Å²) in [6, 6.07) is 10.7. The molecule has 0 aliphatic carbocycles. The van der Waals surface area contributed by atoms with Gasteiger partial charge in [0, 0.05) is 23.1 Å². The van der Waals surface area contributed by atoms with Crippen LogP contribution in [0.2, 0.25) is 0 Å². The van der Waals surface area contributed by atoms with E-state index >= 15 is 0 Å². The van der Waals surface area contributed by atoms with E-state index in [4.69, 9.17) is 0 Å². The highest BCUT2D eigenvalue weighted by molar-refractivity contribution is 5.83. The molecule has 2 rings (SSSR count). The van der Waals surface area contributed by atoms with Crippen molar-refractivity contribution in [2.75, 3.05) is 0 Å². The molecule has 0 atom stereocenters. The van der Waals surface area contributed by atoms with Gasteiger partial charge in [-0.1, -0.05) is 36.4 Å². The van der Waals surface area contributed by atoms with E-state index in [9.17, 15) is 0 Å². The number of hydrogen-bond donors (Lipinski definition) is 0. The van der Waals surface area contributed by atoms with Crippen molar-refractivity contribution in [1.82, 2.24) is 4.57 Å². The van der Waals surface area contributed by atoms with Crippen LogP contribution in [0.3, 0.4) is 0 Å². The van der Waals surface area contributed by atoms with Gasteiger partial charge in [-0.05, 0) is 32.1 Å². The van der Waals surface area contributed by atoms with Crippen LogP contribution in [0.25, 0.3) is 17.0 Å². The molecule has 0 N–H and O–H groups in total. The summed E-state index contributed by atoms with van der Waals surface area (Å²) in [5, 5.41) is 1.31. The summed E-state index contributed by atoms with van der Waals surface area (Å²) in [7, 11) is 0. The summed E-state index contributed by atoms with van der Waals surface area (Å²) < 4.78 is 2.33. The fourth-order valence-corrected chi connectivity index (χ4v) is 1.99. The van der Waals surface area contributed by atoms with E-state index in [2.05, 4.69) is 60.1 Å². The Bertz CT molecular complexity index is 529. The Labute approximate surface area is 96.7 Å². The molecule has 0 fully saturated rings. The Kier molecular flexibility index (Phi) is 3.25. The second kappa shape index (κ2) is 4.84. The van der Waals surface area contributed by atoms with Crippen molar-refractivity contribution >= 4 is 17.0 Å². The van der Waals surface area contributed by atoms with Gasteiger partial charge in [-0.3, -0.25) is 0 Å². The molecule has 1 heterocycles. The number of nitrogens with zero attached hydrogens (tertiary/aromatic N) is 1. The van der Waals surface area contributed by atoms with E-state index in [1.54, 1.807) is 0 Å². The third-order valence-electron chi connectivity index (χ3n) is 2.73. The van der Waals surface area contributed by atoms with E-state index < -0.39 is 0 Å². The number of benzene rings is 1. The zero-order valence-electron chi connectivity index (χ0n) is 9.85. The van der Waals surface area contributed by atoms with Crippen LogP contribution in [0, 0.1) is 0 Å². The maximum atomic E-state index is 2.33. The highest BCUT2D eigenvalue weighted by atomic mass is 15.0. The average molecular weight is 211 g/mol. The molecular formula is C15H17N. The Balaban J connectivity index is 2.52. The molecule has 0 unspecified atom stereocenters. The normalized spacial score (nSPS) is 12.1. The first-order valence-corrected chi connectivity index (χ1v) is 5.74. The van der Waals surface area contributed by atoms with Gasteiger partial charge in [0.05, 0.1) is 0 Å². The Morgan fingerprint density at radius 2 is 2.00 bits per heavy atom. The van der Waals surface area contributed by atoms with Gasteiger partial charge in [0.1, 0.15) is 0 Å². The fourth-order valence-electron chi connectivity index (χ4n) is 1.99. The summed E-state index contributed by atoms with van der Waals surface area (Å²) in [4.78, 5) is 0. The molecule has 1 aromatic carbocycles. The number of fused-ring (bicyclic) bond motifs is 1. The van der Waals surface area contributed by atoms with Crippen LogP contribution >= 0.6 is 0 Å². The molecule has 0 aliphatic rings. The van der Waals surface area contributed by atoms with Crippen molar-refractivity contribution in [3.05, 3.63) is 54.3 Å². The van der Waals surface area contributed by atoms with Gasteiger partial charge in [0.25, 0.3) is 0 Å². The standard InChI is InChI=1S/C15H17N/c1-3-5-6-10-14-12-13-9-7-8-11-15(13)16(14)4-2/h3,5-12H,4H2,1-2H3/b5-3-,10-6-. The van der Waals surface area contributed by atoms with Gasteiger partial charge >= 0.3 is 0 Å². The predicted octanol–water partition coefficient (Wildman–Crippen LogP) is 4.25. The minimum atomic E-state index is 1.00. The third kappa shape index (κ3) is 1.94. The monoisotopic (exact) mass is 211 g/mol. The second-order valence-corrected chi connectivity index (χ2v) is 3.76. The lowest BCUT2D eigenvalue weighted by Gasteiger charge is -2.03. The van der Waals surface area contributed by atoms with Crippen molar-refractivity contribution < 1.29 is 0 Å². The Hall–Kier alpha value is -1.76. The van der Waals surface area contributed by atoms with Crippen LogP contribution in [0.4, 0.5) is 0 Å². The van der Waals surface area contributed by atoms with Gasteiger partial charge < -0.3 is 4.57 Å². The molecule has 1 nitrogen and oxygen atoms in total. The van der Waals surface area contributed by atoms with Crippen LogP contribution < -0.4 is 0 Å². The molecule has 0 bridgehead atoms. The first-order chi connectivity index (χ1) is 7.86. The number of aryl methyl sites for hydroxylation is 1. The smallest absolute Gasteiger partial charge is 0.0485 e. The highest BCUT2D eigenvalue weighted by Crippen LogP contribution is 2.20. The van der Waals surface area contributed by atoms with E-state index in [-0.39, 0.29) is 0 Å². The zero-order valence-corrected chi connectivity index (χ0v) is 9.85. The van der Waals surface area contributed by atoms with Crippen LogP contribution in [0.15, 0.2) is 48.6 Å². The quantitative estimate of drug-likeness (QED) is 0.669. The minimum Gasteiger partial charge on any atom is -0.341 e. The lowest BCUT2D eigenvalue weighted by Crippen LogP contribution is -1.95. The first-order valence-electron chi connectivity index (χ1n) is 5.74. The lowest BCUT2D eigenvalue weighted by molar-refractivity contribution is 0.789. The van der Waals surface area contributed by atoms with Gasteiger partial charge in [-0.25, -0.2) is 0 Å². The summed E-state index contributed by atoms with van der Waals surface area (Å²) >= 11 is 0. The van der Waals surface area contributed by atoms with Crippen LogP contribution in [-0.2, 0) is 6.54 Å². The van der Waals surface area contributed by atoms with Crippen LogP contribution in [0.5, 0.6) is 0 Å². The number of allylic oxidation sites excluding steroid dienone is 3. The number of rotatable bonds is 3. The minimum absolute atomic E-state index is 1.00. The molecule has 0 aliphatic heterocycles. The van der Waals surface area contributed by atoms with Crippen LogP contribution in [-0.4, -0.2) is 4.57 Å². The van der Waals surface area contributed by atoms with E-state index in [0.717, 1.165) is 6.54 Å². The third-order valence-corrected chi connectivity index (χ3v) is 2.73. The maximum absolute atomic E-state index is 2.33. The SMILES string of the molecule is C/C=C\C=C/c1cc2ccccc2n1CC. The number of hydrogen-bond acceptors (Lipinski definition) is 0. The Morgan fingerprint density at radius 1 is 1.19 bits per heavy atom. The molecule has 0 radical (unpaired) electrons. The second-order valence-electron chi connectivity index (χ2n) is 3.76. The van der Waals surface area contributed by atoms with E-state index in [0.29, 0.717) is 0 Å². The zero-order chi connectivity index (χ0) is 11.4. The molecule has 0 saturated heterocycles. The summed E-state index contributed by atoms with van der Waals surface area (Å²) in [5.41, 5.74) is 2.58. The van der Waals surface area contributed by atoms with Gasteiger partial charge in [-0.15, -0.1) is 0 Å². The first kappa shape index (κ1) is 10.7. The molecule has 0 spiro atoms. The topological polar surface area (TPSA) is 4.93 Å². The summed E-state index contributed by atoms with van der Waals surface area (Å²) in [6.45, 7) is 5.21. The predicted molar refractivity (Wildman–Crippen MR) is 71.5 cm³/mol. The fraction of sp³-hybridized carbons (Fsp3) is 0.200. The maximum Gasteiger partial charge on any atom is 0.0485 e. The van der Waals surface area contributed by atoms with E-state index in [1.807, 2.05) is 13.0 Å². The van der Waals surface area contributed by atoms with Crippen molar-refractivity contribution in [3.63, 3.8) is 0 Å². The van der Waals surface area contributed by atoms with Gasteiger partial charge in [0.2, 0.25) is 0 Å². The molecule has 0 amide bonds. The molecule has 1 heteroatoms. The summed E-state index contributed by atoms with van der Waals surface area (Å²) in [6.07, 6.45) is 8.33. The molecular weight excluding hydrogens is 194 g/mol. The highest BCUT2D eigenvalue weighted by Gasteiger charge is 2.03. The van der Waals surface area contributed by atoms with Crippen LogP contribution in [0.1, 0.15) is 19.5 Å². The van der Waals surface area contributed by atoms with Crippen molar-refractivity contribution in [3.8, 4) is 0 Å². The van der Waals surface area contributed by atoms with Crippen molar-refractivity contribution in [1.29, 1.82) is 0 Å². The Morgan fingerprint density at radius 3 is 2.75 bits per heavy atom. The van der Waals surface area contributed by atoms with E-state index in [1.165, 1.54) is 16.6 Å². The lowest BCUT2D eigenvalue weighted by atomic mass is 10.2. The van der Waals surface area contributed by atoms with Gasteiger partial charge in [0.15, 0.2) is 0 Å². The molecule has 16 heavy (non-hydrogen) atoms. The number of aromatic nitrogens is 1.